The normalized spacial score (nSPS) is 12.6. The molecule has 24 heavy (non-hydrogen) atoms. The molecule has 1 aliphatic rings. The van der Waals surface area contributed by atoms with Crippen LogP contribution < -0.4 is 9.47 Å². The fourth-order valence-corrected chi connectivity index (χ4v) is 2.54. The van der Waals surface area contributed by atoms with Crippen molar-refractivity contribution in [3.05, 3.63) is 53.9 Å². The van der Waals surface area contributed by atoms with Crippen molar-refractivity contribution in [1.82, 2.24) is 4.98 Å². The summed E-state index contributed by atoms with van der Waals surface area (Å²) in [7, 11) is 0. The van der Waals surface area contributed by atoms with Crippen LogP contribution in [0, 0.1) is 0 Å². The molecule has 0 saturated heterocycles. The second-order valence-corrected chi connectivity index (χ2v) is 6.41. The van der Waals surface area contributed by atoms with E-state index in [1.54, 1.807) is 0 Å². The second-order valence-electron chi connectivity index (χ2n) is 6.41. The van der Waals surface area contributed by atoms with Gasteiger partial charge in [0, 0.05) is 11.5 Å². The van der Waals surface area contributed by atoms with Gasteiger partial charge in [0.15, 0.2) is 23.0 Å². The first-order valence-electron chi connectivity index (χ1n) is 8.30. The zero-order valence-electron chi connectivity index (χ0n) is 14.6. The SMILES string of the molecule is CC(C)c1cccc2c1OCO2.CC(C)c1nc2ccccc2o1. The van der Waals surface area contributed by atoms with Gasteiger partial charge in [0.25, 0.3) is 0 Å². The van der Waals surface area contributed by atoms with Crippen LogP contribution in [0.15, 0.2) is 46.9 Å². The number of hydrogen-bond donors (Lipinski definition) is 0. The van der Waals surface area contributed by atoms with Crippen molar-refractivity contribution in [2.45, 2.75) is 39.5 Å². The van der Waals surface area contributed by atoms with Gasteiger partial charge in [-0.15, -0.1) is 0 Å². The van der Waals surface area contributed by atoms with Gasteiger partial charge in [-0.25, -0.2) is 4.98 Å². The van der Waals surface area contributed by atoms with E-state index in [1.807, 2.05) is 36.4 Å². The molecule has 4 nitrogen and oxygen atoms in total. The molecule has 0 radical (unpaired) electrons. The smallest absolute Gasteiger partial charge is 0.231 e. The van der Waals surface area contributed by atoms with E-state index in [-0.39, 0.29) is 0 Å². The number of para-hydroxylation sites is 3. The van der Waals surface area contributed by atoms with Gasteiger partial charge < -0.3 is 13.9 Å². The molecule has 0 unspecified atom stereocenters. The van der Waals surface area contributed by atoms with Crippen LogP contribution in [0.25, 0.3) is 11.1 Å². The molecule has 0 spiro atoms. The Bertz CT molecular complexity index is 788. The van der Waals surface area contributed by atoms with Gasteiger partial charge in [-0.05, 0) is 24.1 Å². The van der Waals surface area contributed by atoms with Crippen molar-refractivity contribution >= 4 is 11.1 Å². The van der Waals surface area contributed by atoms with Crippen LogP contribution in [0.3, 0.4) is 0 Å². The van der Waals surface area contributed by atoms with E-state index in [9.17, 15) is 0 Å². The number of aromatic nitrogens is 1. The summed E-state index contributed by atoms with van der Waals surface area (Å²) >= 11 is 0. The lowest BCUT2D eigenvalue weighted by Crippen LogP contribution is -1.95. The summed E-state index contributed by atoms with van der Waals surface area (Å²) in [5.74, 6) is 3.46. The van der Waals surface area contributed by atoms with Gasteiger partial charge in [-0.3, -0.25) is 0 Å². The minimum Gasteiger partial charge on any atom is -0.454 e. The molecule has 3 aromatic rings. The highest BCUT2D eigenvalue weighted by atomic mass is 16.7. The summed E-state index contributed by atoms with van der Waals surface area (Å²) in [6.45, 7) is 8.81. The molecule has 0 saturated carbocycles. The van der Waals surface area contributed by atoms with E-state index < -0.39 is 0 Å². The summed E-state index contributed by atoms with van der Waals surface area (Å²) in [6, 6.07) is 13.8. The fourth-order valence-electron chi connectivity index (χ4n) is 2.54. The monoisotopic (exact) mass is 325 g/mol. The van der Waals surface area contributed by atoms with Crippen LogP contribution in [-0.4, -0.2) is 11.8 Å². The van der Waals surface area contributed by atoms with Crippen LogP contribution in [0.2, 0.25) is 0 Å². The minimum absolute atomic E-state index is 0.359. The average Bonchev–Trinajstić information content (AvgIpc) is 3.21. The van der Waals surface area contributed by atoms with Crippen molar-refractivity contribution < 1.29 is 13.9 Å². The van der Waals surface area contributed by atoms with E-state index >= 15 is 0 Å². The molecule has 2 aromatic carbocycles. The van der Waals surface area contributed by atoms with E-state index in [4.69, 9.17) is 13.9 Å². The maximum absolute atomic E-state index is 5.52. The highest BCUT2D eigenvalue weighted by molar-refractivity contribution is 5.72. The van der Waals surface area contributed by atoms with Crippen molar-refractivity contribution in [3.8, 4) is 11.5 Å². The topological polar surface area (TPSA) is 44.5 Å². The molecule has 126 valence electrons. The number of benzene rings is 2. The number of fused-ring (bicyclic) bond motifs is 2. The molecule has 0 bridgehead atoms. The molecular weight excluding hydrogens is 302 g/mol. The zero-order chi connectivity index (χ0) is 17.1. The van der Waals surface area contributed by atoms with Crippen LogP contribution in [-0.2, 0) is 0 Å². The summed E-state index contributed by atoms with van der Waals surface area (Å²) in [6.07, 6.45) is 0. The predicted octanol–water partition coefficient (Wildman–Crippen LogP) is 5.49. The van der Waals surface area contributed by atoms with Crippen molar-refractivity contribution in [3.63, 3.8) is 0 Å². The summed E-state index contributed by atoms with van der Waals surface area (Å²) < 4.78 is 16.2. The van der Waals surface area contributed by atoms with Crippen LogP contribution in [0.5, 0.6) is 11.5 Å². The Morgan fingerprint density at radius 1 is 0.875 bits per heavy atom. The van der Waals surface area contributed by atoms with Crippen molar-refractivity contribution in [1.29, 1.82) is 0 Å². The Hall–Kier alpha value is -2.49. The minimum atomic E-state index is 0.359. The van der Waals surface area contributed by atoms with Crippen LogP contribution >= 0.6 is 0 Å². The van der Waals surface area contributed by atoms with E-state index in [1.165, 1.54) is 5.56 Å². The van der Waals surface area contributed by atoms with Gasteiger partial charge in [-0.1, -0.05) is 52.0 Å². The lowest BCUT2D eigenvalue weighted by Gasteiger charge is -2.07. The lowest BCUT2D eigenvalue weighted by molar-refractivity contribution is 0.173. The van der Waals surface area contributed by atoms with Gasteiger partial charge in [0.05, 0.1) is 0 Å². The van der Waals surface area contributed by atoms with Crippen molar-refractivity contribution in [2.75, 3.05) is 6.79 Å². The lowest BCUT2D eigenvalue weighted by atomic mass is 10.0. The molecule has 4 rings (SSSR count). The molecule has 0 atom stereocenters. The van der Waals surface area contributed by atoms with Gasteiger partial charge in [0.1, 0.15) is 5.52 Å². The molecule has 0 aliphatic carbocycles. The Morgan fingerprint density at radius 3 is 2.38 bits per heavy atom. The van der Waals surface area contributed by atoms with Gasteiger partial charge in [-0.2, -0.15) is 0 Å². The molecule has 1 aromatic heterocycles. The van der Waals surface area contributed by atoms with Crippen molar-refractivity contribution in [2.24, 2.45) is 0 Å². The third kappa shape index (κ3) is 3.37. The standard InChI is InChI=1S/C10H11NO.C10H12O2/c1-7(2)10-11-8-5-3-4-6-9(8)12-10;1-7(2)8-4-3-5-9-10(8)12-6-11-9/h3-7H,1-2H3;3-5,7H,6H2,1-2H3. The highest BCUT2D eigenvalue weighted by Crippen LogP contribution is 2.38. The Morgan fingerprint density at radius 2 is 1.67 bits per heavy atom. The average molecular weight is 325 g/mol. The maximum atomic E-state index is 5.52. The molecule has 1 aliphatic heterocycles. The first-order valence-corrected chi connectivity index (χ1v) is 8.30. The third-order valence-electron chi connectivity index (χ3n) is 3.85. The van der Waals surface area contributed by atoms with E-state index in [0.717, 1.165) is 28.5 Å². The first kappa shape index (κ1) is 16.4. The number of oxazole rings is 1. The predicted molar refractivity (Wildman–Crippen MR) is 94.8 cm³/mol. The summed E-state index contributed by atoms with van der Waals surface area (Å²) in [5.41, 5.74) is 3.05. The van der Waals surface area contributed by atoms with E-state index in [0.29, 0.717) is 18.6 Å². The molecule has 0 N–H and O–H groups in total. The molecular formula is C20H23NO3. The Labute approximate surface area is 142 Å². The maximum Gasteiger partial charge on any atom is 0.231 e. The molecule has 0 amide bonds. The Kier molecular flexibility index (Phi) is 4.74. The molecule has 4 heteroatoms. The summed E-state index contributed by atoms with van der Waals surface area (Å²) in [5, 5.41) is 0. The van der Waals surface area contributed by atoms with Crippen LogP contribution in [0.4, 0.5) is 0 Å². The summed E-state index contributed by atoms with van der Waals surface area (Å²) in [4.78, 5) is 4.35. The number of rotatable bonds is 2. The van der Waals surface area contributed by atoms with E-state index in [2.05, 4.69) is 38.7 Å². The highest BCUT2D eigenvalue weighted by Gasteiger charge is 2.18. The van der Waals surface area contributed by atoms with Gasteiger partial charge >= 0.3 is 0 Å². The second kappa shape index (κ2) is 6.95. The number of hydrogen-bond acceptors (Lipinski definition) is 4. The fraction of sp³-hybridized carbons (Fsp3) is 0.350. The number of nitrogens with zero attached hydrogens (tertiary/aromatic N) is 1. The number of ether oxygens (including phenoxy) is 2. The zero-order valence-corrected chi connectivity index (χ0v) is 14.6. The molecule has 0 fully saturated rings. The largest absolute Gasteiger partial charge is 0.454 e. The first-order chi connectivity index (χ1) is 11.6. The Balaban J connectivity index is 0.000000141. The van der Waals surface area contributed by atoms with Gasteiger partial charge in [0.2, 0.25) is 6.79 Å². The molecule has 2 heterocycles. The van der Waals surface area contributed by atoms with Crippen LogP contribution in [0.1, 0.15) is 51.0 Å². The quantitative estimate of drug-likeness (QED) is 0.625. The third-order valence-corrected chi connectivity index (χ3v) is 3.85.